The lowest BCUT2D eigenvalue weighted by Crippen LogP contribution is -2.36. The van der Waals surface area contributed by atoms with Crippen molar-refractivity contribution in [3.63, 3.8) is 0 Å². The van der Waals surface area contributed by atoms with Crippen molar-refractivity contribution in [2.75, 3.05) is 46.6 Å². The number of likely N-dealkylation sites (tertiary alicyclic amines) is 1. The number of ether oxygens (including phenoxy) is 2. The first-order valence-electron chi connectivity index (χ1n) is 6.67. The predicted octanol–water partition coefficient (Wildman–Crippen LogP) is 2.38. The Hall–Kier alpha value is 0.170. The van der Waals surface area contributed by atoms with Gasteiger partial charge >= 0.3 is 0 Å². The zero-order valence-corrected chi connectivity index (χ0v) is 11.9. The highest BCUT2D eigenvalue weighted by Crippen LogP contribution is 2.23. The molecule has 1 saturated heterocycles. The molecular weight excluding hydrogens is 238 g/mol. The van der Waals surface area contributed by atoms with Crippen LogP contribution in [0.2, 0.25) is 0 Å². The van der Waals surface area contributed by atoms with E-state index in [9.17, 15) is 0 Å². The number of hydrogen-bond acceptors (Lipinski definition) is 3. The van der Waals surface area contributed by atoms with E-state index in [1.807, 2.05) is 0 Å². The SMILES string of the molecule is COCCOCCCN1CCC(C(C)Cl)CC1. The average molecular weight is 264 g/mol. The Kier molecular flexibility index (Phi) is 8.19. The number of methoxy groups -OCH3 is 1. The fourth-order valence-corrected chi connectivity index (χ4v) is 2.52. The van der Waals surface area contributed by atoms with E-state index in [-0.39, 0.29) is 0 Å². The summed E-state index contributed by atoms with van der Waals surface area (Å²) in [7, 11) is 1.70. The van der Waals surface area contributed by atoms with Gasteiger partial charge in [0.2, 0.25) is 0 Å². The third-order valence-corrected chi connectivity index (χ3v) is 3.83. The minimum absolute atomic E-state index is 0.328. The second-order valence-electron chi connectivity index (χ2n) is 4.82. The molecule has 1 aliphatic heterocycles. The highest BCUT2D eigenvalue weighted by atomic mass is 35.5. The smallest absolute Gasteiger partial charge is 0.0700 e. The Balaban J connectivity index is 1.95. The number of piperidine rings is 1. The van der Waals surface area contributed by atoms with E-state index in [0.717, 1.165) is 19.6 Å². The Bertz CT molecular complexity index is 182. The summed E-state index contributed by atoms with van der Waals surface area (Å²) in [6.07, 6.45) is 3.61. The maximum absolute atomic E-state index is 6.13. The Morgan fingerprint density at radius 2 is 1.94 bits per heavy atom. The summed E-state index contributed by atoms with van der Waals surface area (Å²) in [6, 6.07) is 0. The zero-order chi connectivity index (χ0) is 12.5. The molecule has 1 unspecified atom stereocenters. The minimum atomic E-state index is 0.328. The molecule has 0 saturated carbocycles. The zero-order valence-electron chi connectivity index (χ0n) is 11.2. The van der Waals surface area contributed by atoms with Gasteiger partial charge in [-0.05, 0) is 45.2 Å². The van der Waals surface area contributed by atoms with Crippen LogP contribution in [0.15, 0.2) is 0 Å². The van der Waals surface area contributed by atoms with Crippen LogP contribution in [0.3, 0.4) is 0 Å². The molecule has 1 heterocycles. The molecular formula is C13H26ClNO2. The van der Waals surface area contributed by atoms with Crippen molar-refractivity contribution in [3.05, 3.63) is 0 Å². The number of alkyl halides is 1. The normalized spacial score (nSPS) is 20.6. The van der Waals surface area contributed by atoms with Gasteiger partial charge in [0.15, 0.2) is 0 Å². The third kappa shape index (κ3) is 6.61. The highest BCUT2D eigenvalue weighted by Gasteiger charge is 2.21. The van der Waals surface area contributed by atoms with Crippen LogP contribution in [0, 0.1) is 5.92 Å². The summed E-state index contributed by atoms with van der Waals surface area (Å²) >= 11 is 6.13. The van der Waals surface area contributed by atoms with Gasteiger partial charge in [0.05, 0.1) is 13.2 Å². The summed E-state index contributed by atoms with van der Waals surface area (Å²) in [4.78, 5) is 2.52. The monoisotopic (exact) mass is 263 g/mol. The molecule has 0 aliphatic carbocycles. The van der Waals surface area contributed by atoms with E-state index >= 15 is 0 Å². The lowest BCUT2D eigenvalue weighted by atomic mass is 9.94. The van der Waals surface area contributed by atoms with Crippen LogP contribution < -0.4 is 0 Å². The molecule has 0 aromatic rings. The Morgan fingerprint density at radius 1 is 1.24 bits per heavy atom. The van der Waals surface area contributed by atoms with Crippen molar-refractivity contribution >= 4 is 11.6 Å². The van der Waals surface area contributed by atoms with Crippen molar-refractivity contribution in [1.29, 1.82) is 0 Å². The van der Waals surface area contributed by atoms with E-state index in [1.54, 1.807) is 7.11 Å². The molecule has 0 aromatic carbocycles. The molecule has 1 fully saturated rings. The van der Waals surface area contributed by atoms with Crippen LogP contribution in [0.1, 0.15) is 26.2 Å². The molecule has 3 nitrogen and oxygen atoms in total. The van der Waals surface area contributed by atoms with Gasteiger partial charge in [-0.2, -0.15) is 0 Å². The van der Waals surface area contributed by atoms with Gasteiger partial charge in [-0.25, -0.2) is 0 Å². The van der Waals surface area contributed by atoms with Gasteiger partial charge < -0.3 is 14.4 Å². The quantitative estimate of drug-likeness (QED) is 0.496. The maximum Gasteiger partial charge on any atom is 0.0700 e. The van der Waals surface area contributed by atoms with Crippen LogP contribution >= 0.6 is 11.6 Å². The molecule has 1 atom stereocenters. The molecule has 1 rings (SSSR count). The molecule has 1 aliphatic rings. The largest absolute Gasteiger partial charge is 0.382 e. The lowest BCUT2D eigenvalue weighted by molar-refractivity contribution is 0.0630. The van der Waals surface area contributed by atoms with Crippen LogP contribution in [0.4, 0.5) is 0 Å². The van der Waals surface area contributed by atoms with E-state index in [1.165, 1.54) is 25.9 Å². The Morgan fingerprint density at radius 3 is 2.53 bits per heavy atom. The van der Waals surface area contributed by atoms with Gasteiger partial charge in [-0.3, -0.25) is 0 Å². The fraction of sp³-hybridized carbons (Fsp3) is 1.00. The van der Waals surface area contributed by atoms with E-state index in [0.29, 0.717) is 24.5 Å². The maximum atomic E-state index is 6.13. The number of rotatable bonds is 8. The van der Waals surface area contributed by atoms with Gasteiger partial charge in [0.1, 0.15) is 0 Å². The van der Waals surface area contributed by atoms with E-state index < -0.39 is 0 Å². The van der Waals surface area contributed by atoms with Crippen LogP contribution in [-0.2, 0) is 9.47 Å². The van der Waals surface area contributed by atoms with Crippen LogP contribution in [0.5, 0.6) is 0 Å². The lowest BCUT2D eigenvalue weighted by Gasteiger charge is -2.33. The molecule has 4 heteroatoms. The molecule has 102 valence electrons. The first-order chi connectivity index (χ1) is 8.24. The van der Waals surface area contributed by atoms with Crippen molar-refractivity contribution < 1.29 is 9.47 Å². The number of halogens is 1. The first-order valence-corrected chi connectivity index (χ1v) is 7.10. The highest BCUT2D eigenvalue weighted by molar-refractivity contribution is 6.20. The van der Waals surface area contributed by atoms with E-state index in [4.69, 9.17) is 21.1 Å². The van der Waals surface area contributed by atoms with Crippen molar-refractivity contribution in [2.24, 2.45) is 5.92 Å². The van der Waals surface area contributed by atoms with Gasteiger partial charge in [0.25, 0.3) is 0 Å². The summed E-state index contributed by atoms with van der Waals surface area (Å²) in [5.41, 5.74) is 0. The molecule has 0 aromatic heterocycles. The van der Waals surface area contributed by atoms with Gasteiger partial charge in [-0.1, -0.05) is 0 Å². The van der Waals surface area contributed by atoms with Crippen LogP contribution in [0.25, 0.3) is 0 Å². The van der Waals surface area contributed by atoms with Gasteiger partial charge in [0, 0.05) is 25.6 Å². The van der Waals surface area contributed by atoms with Gasteiger partial charge in [-0.15, -0.1) is 11.6 Å². The second-order valence-corrected chi connectivity index (χ2v) is 5.50. The first kappa shape index (κ1) is 15.2. The third-order valence-electron chi connectivity index (χ3n) is 3.48. The van der Waals surface area contributed by atoms with Crippen molar-refractivity contribution in [3.8, 4) is 0 Å². The second kappa shape index (κ2) is 9.15. The molecule has 0 radical (unpaired) electrons. The summed E-state index contributed by atoms with van der Waals surface area (Å²) in [5.74, 6) is 0.714. The Labute approximate surface area is 110 Å². The molecule has 0 spiro atoms. The molecule has 0 bridgehead atoms. The van der Waals surface area contributed by atoms with Crippen molar-refractivity contribution in [1.82, 2.24) is 4.90 Å². The average Bonchev–Trinajstić information content (AvgIpc) is 2.34. The number of nitrogens with zero attached hydrogens (tertiary/aromatic N) is 1. The number of hydrogen-bond donors (Lipinski definition) is 0. The molecule has 0 N–H and O–H groups in total. The summed E-state index contributed by atoms with van der Waals surface area (Å²) in [6.45, 7) is 7.90. The minimum Gasteiger partial charge on any atom is -0.382 e. The topological polar surface area (TPSA) is 21.7 Å². The molecule has 0 amide bonds. The summed E-state index contributed by atoms with van der Waals surface area (Å²) < 4.78 is 10.4. The fourth-order valence-electron chi connectivity index (χ4n) is 2.27. The van der Waals surface area contributed by atoms with Crippen LogP contribution in [-0.4, -0.2) is 56.8 Å². The predicted molar refractivity (Wildman–Crippen MR) is 71.8 cm³/mol. The summed E-state index contributed by atoms with van der Waals surface area (Å²) in [5, 5.41) is 0.328. The van der Waals surface area contributed by atoms with E-state index in [2.05, 4.69) is 11.8 Å². The molecule has 17 heavy (non-hydrogen) atoms. The van der Waals surface area contributed by atoms with Crippen molar-refractivity contribution in [2.45, 2.75) is 31.6 Å². The standard InChI is InChI=1S/C13H26ClNO2/c1-12(14)13-4-7-15(8-5-13)6-3-9-17-11-10-16-2/h12-13H,3-11H2,1-2H3.